The third-order valence-electron chi connectivity index (χ3n) is 3.55. The first kappa shape index (κ1) is 17.8. The number of hydrogen-bond donors (Lipinski definition) is 2. The number of nitrogens with one attached hydrogen (secondary N) is 2. The Morgan fingerprint density at radius 3 is 2.48 bits per heavy atom. The maximum Gasteiger partial charge on any atom is 0.317 e. The van der Waals surface area contributed by atoms with E-state index in [1.807, 2.05) is 20.8 Å². The molecule has 0 aliphatic carbocycles. The zero-order chi connectivity index (χ0) is 15.7. The van der Waals surface area contributed by atoms with Gasteiger partial charge in [0.15, 0.2) is 0 Å². The summed E-state index contributed by atoms with van der Waals surface area (Å²) >= 11 is 0. The highest BCUT2D eigenvalue weighted by Gasteiger charge is 2.26. The first-order valence-electron chi connectivity index (χ1n) is 7.96. The molecule has 0 aromatic carbocycles. The molecule has 6 heteroatoms. The molecule has 122 valence electrons. The number of hydrogen-bond acceptors (Lipinski definition) is 3. The minimum Gasteiger partial charge on any atom is -0.379 e. The van der Waals surface area contributed by atoms with E-state index in [4.69, 9.17) is 4.74 Å². The van der Waals surface area contributed by atoms with Crippen molar-refractivity contribution in [3.05, 3.63) is 0 Å². The van der Waals surface area contributed by atoms with Crippen LogP contribution in [0, 0.1) is 5.92 Å². The minimum atomic E-state index is -0.0257. The second-order valence-electron chi connectivity index (χ2n) is 5.66. The lowest BCUT2D eigenvalue weighted by Gasteiger charge is -2.31. The Hall–Kier alpha value is -1.30. The van der Waals surface area contributed by atoms with Crippen LogP contribution in [0.2, 0.25) is 0 Å². The number of ether oxygens (including phenoxy) is 1. The van der Waals surface area contributed by atoms with E-state index in [0.717, 1.165) is 19.3 Å². The van der Waals surface area contributed by atoms with Crippen LogP contribution in [0.15, 0.2) is 0 Å². The van der Waals surface area contributed by atoms with Crippen molar-refractivity contribution in [2.24, 2.45) is 5.92 Å². The number of urea groups is 1. The maximum absolute atomic E-state index is 12.0. The Labute approximate surface area is 127 Å². The molecule has 3 amide bonds. The van der Waals surface area contributed by atoms with Gasteiger partial charge in [-0.05, 0) is 40.0 Å². The first-order valence-corrected chi connectivity index (χ1v) is 7.96. The average Bonchev–Trinajstić information content (AvgIpc) is 2.46. The lowest BCUT2D eigenvalue weighted by molar-refractivity contribution is -0.126. The summed E-state index contributed by atoms with van der Waals surface area (Å²) in [4.78, 5) is 25.5. The zero-order valence-electron chi connectivity index (χ0n) is 13.5. The quantitative estimate of drug-likeness (QED) is 0.697. The number of carbonyl (C=O) groups excluding carboxylic acids is 2. The van der Waals surface area contributed by atoms with Crippen LogP contribution in [0.3, 0.4) is 0 Å². The molecule has 0 aromatic rings. The van der Waals surface area contributed by atoms with Gasteiger partial charge in [0.05, 0.1) is 6.10 Å². The van der Waals surface area contributed by atoms with Gasteiger partial charge in [-0.3, -0.25) is 4.79 Å². The highest BCUT2D eigenvalue weighted by Crippen LogP contribution is 2.17. The van der Waals surface area contributed by atoms with Crippen LogP contribution in [0.1, 0.15) is 40.0 Å². The minimum absolute atomic E-state index is 0.0257. The van der Waals surface area contributed by atoms with Crippen LogP contribution in [0.4, 0.5) is 4.79 Å². The Morgan fingerprint density at radius 1 is 1.24 bits per heavy atom. The van der Waals surface area contributed by atoms with Crippen LogP contribution in [0.5, 0.6) is 0 Å². The van der Waals surface area contributed by atoms with E-state index >= 15 is 0 Å². The van der Waals surface area contributed by atoms with Gasteiger partial charge in [-0.25, -0.2) is 4.79 Å². The number of likely N-dealkylation sites (tertiary alicyclic amines) is 1. The van der Waals surface area contributed by atoms with Crippen LogP contribution in [0.25, 0.3) is 0 Å². The molecule has 0 bridgehead atoms. The van der Waals surface area contributed by atoms with E-state index in [0.29, 0.717) is 32.8 Å². The van der Waals surface area contributed by atoms with Crippen LogP contribution >= 0.6 is 0 Å². The molecule has 1 fully saturated rings. The van der Waals surface area contributed by atoms with Gasteiger partial charge in [-0.2, -0.15) is 0 Å². The van der Waals surface area contributed by atoms with E-state index in [-0.39, 0.29) is 24.0 Å². The molecule has 0 saturated carbocycles. The average molecular weight is 299 g/mol. The zero-order valence-corrected chi connectivity index (χ0v) is 13.5. The van der Waals surface area contributed by atoms with E-state index in [9.17, 15) is 9.59 Å². The van der Waals surface area contributed by atoms with Crippen molar-refractivity contribution in [1.82, 2.24) is 15.5 Å². The Balaban J connectivity index is 2.15. The van der Waals surface area contributed by atoms with Gasteiger partial charge >= 0.3 is 6.03 Å². The van der Waals surface area contributed by atoms with Crippen molar-refractivity contribution in [3.63, 3.8) is 0 Å². The van der Waals surface area contributed by atoms with Crippen molar-refractivity contribution >= 4 is 11.9 Å². The lowest BCUT2D eigenvalue weighted by Crippen LogP contribution is -2.47. The van der Waals surface area contributed by atoms with Gasteiger partial charge in [-0.1, -0.05) is 0 Å². The van der Waals surface area contributed by atoms with Gasteiger partial charge in [0.1, 0.15) is 0 Å². The van der Waals surface area contributed by atoms with Crippen LogP contribution < -0.4 is 10.6 Å². The summed E-state index contributed by atoms with van der Waals surface area (Å²) in [6, 6.07) is -0.0257. The van der Waals surface area contributed by atoms with E-state index in [1.54, 1.807) is 4.90 Å². The predicted molar refractivity (Wildman–Crippen MR) is 82.1 cm³/mol. The number of nitrogens with zero attached hydrogens (tertiary/aromatic N) is 1. The van der Waals surface area contributed by atoms with Crippen molar-refractivity contribution in [1.29, 1.82) is 0 Å². The highest BCUT2D eigenvalue weighted by atomic mass is 16.5. The summed E-state index contributed by atoms with van der Waals surface area (Å²) in [6.07, 6.45) is 2.55. The molecule has 21 heavy (non-hydrogen) atoms. The fourth-order valence-electron chi connectivity index (χ4n) is 2.35. The van der Waals surface area contributed by atoms with E-state index in [1.165, 1.54) is 0 Å². The summed E-state index contributed by atoms with van der Waals surface area (Å²) in [5.74, 6) is 0.136. The SMILES string of the molecule is CCNC(=O)N1CCC(C(=O)NCCCOC(C)C)CC1. The molecule has 0 aromatic heterocycles. The predicted octanol–water partition coefficient (Wildman–Crippen LogP) is 1.36. The molecule has 0 unspecified atom stereocenters. The topological polar surface area (TPSA) is 70.7 Å². The van der Waals surface area contributed by atoms with Crippen molar-refractivity contribution in [2.75, 3.05) is 32.8 Å². The number of rotatable bonds is 7. The van der Waals surface area contributed by atoms with Gasteiger partial charge in [0.2, 0.25) is 5.91 Å². The molecule has 1 aliphatic heterocycles. The summed E-state index contributed by atoms with van der Waals surface area (Å²) in [5, 5.41) is 5.75. The molecule has 1 aliphatic rings. The fraction of sp³-hybridized carbons (Fsp3) is 0.867. The van der Waals surface area contributed by atoms with Gasteiger partial charge < -0.3 is 20.3 Å². The van der Waals surface area contributed by atoms with Crippen LogP contribution in [-0.2, 0) is 9.53 Å². The Bertz CT molecular complexity index is 326. The maximum atomic E-state index is 12.0. The molecule has 1 saturated heterocycles. The molecule has 1 rings (SSSR count). The summed E-state index contributed by atoms with van der Waals surface area (Å²) in [6.45, 7) is 9.18. The smallest absolute Gasteiger partial charge is 0.317 e. The standard InChI is InChI=1S/C15H29N3O3/c1-4-16-15(20)18-9-6-13(7-10-18)14(19)17-8-5-11-21-12(2)3/h12-13H,4-11H2,1-3H3,(H,16,20)(H,17,19). The molecule has 2 N–H and O–H groups in total. The third kappa shape index (κ3) is 6.80. The molecular weight excluding hydrogens is 270 g/mol. The molecule has 0 radical (unpaired) electrons. The lowest BCUT2D eigenvalue weighted by atomic mass is 9.96. The van der Waals surface area contributed by atoms with Crippen molar-refractivity contribution < 1.29 is 14.3 Å². The first-order chi connectivity index (χ1) is 10.0. The fourth-order valence-corrected chi connectivity index (χ4v) is 2.35. The van der Waals surface area contributed by atoms with Crippen molar-refractivity contribution in [3.8, 4) is 0 Å². The number of amides is 3. The number of piperidine rings is 1. The van der Waals surface area contributed by atoms with Gasteiger partial charge in [0.25, 0.3) is 0 Å². The highest BCUT2D eigenvalue weighted by molar-refractivity contribution is 5.79. The third-order valence-corrected chi connectivity index (χ3v) is 3.55. The second kappa shape index (κ2) is 9.60. The van der Waals surface area contributed by atoms with Crippen LogP contribution in [-0.4, -0.2) is 55.7 Å². The second-order valence-corrected chi connectivity index (χ2v) is 5.66. The molecule has 6 nitrogen and oxygen atoms in total. The molecule has 0 spiro atoms. The van der Waals surface area contributed by atoms with E-state index in [2.05, 4.69) is 10.6 Å². The summed E-state index contributed by atoms with van der Waals surface area (Å²) < 4.78 is 5.43. The Kier molecular flexibility index (Phi) is 8.12. The van der Waals surface area contributed by atoms with E-state index < -0.39 is 0 Å². The summed E-state index contributed by atoms with van der Waals surface area (Å²) in [5.41, 5.74) is 0. The Morgan fingerprint density at radius 2 is 1.90 bits per heavy atom. The molecular formula is C15H29N3O3. The van der Waals surface area contributed by atoms with Crippen molar-refractivity contribution in [2.45, 2.75) is 46.1 Å². The number of carbonyl (C=O) groups is 2. The largest absolute Gasteiger partial charge is 0.379 e. The monoisotopic (exact) mass is 299 g/mol. The molecule has 0 atom stereocenters. The molecule has 1 heterocycles. The summed E-state index contributed by atoms with van der Waals surface area (Å²) in [7, 11) is 0. The van der Waals surface area contributed by atoms with Gasteiger partial charge in [0, 0.05) is 38.7 Å². The normalized spacial score (nSPS) is 16.1. The van der Waals surface area contributed by atoms with Gasteiger partial charge in [-0.15, -0.1) is 0 Å².